The number of hydrogen-bond acceptors (Lipinski definition) is 3. The summed E-state index contributed by atoms with van der Waals surface area (Å²) in [5.74, 6) is -0.311. The van der Waals surface area contributed by atoms with Crippen LogP contribution >= 0.6 is 11.6 Å². The molecular weight excluding hydrogens is 334 g/mol. The number of sulfone groups is 1. The molecule has 4 nitrogen and oxygen atoms in total. The van der Waals surface area contributed by atoms with E-state index in [-0.39, 0.29) is 10.8 Å². The van der Waals surface area contributed by atoms with Crippen LogP contribution in [-0.4, -0.2) is 20.6 Å². The van der Waals surface area contributed by atoms with Crippen molar-refractivity contribution in [2.75, 3.05) is 11.6 Å². The van der Waals surface area contributed by atoms with E-state index in [2.05, 4.69) is 5.32 Å². The predicted molar refractivity (Wildman–Crippen MR) is 93.3 cm³/mol. The molecule has 2 aromatic rings. The average Bonchev–Trinajstić information content (AvgIpc) is 2.47. The highest BCUT2D eigenvalue weighted by Gasteiger charge is 2.08. The standard InChI is InChI=1S/C17H16ClNO3S/c1-12(15-5-3-4-6-16(15)18)11-17(20)19-13-7-9-14(10-8-13)23(2,21)22/h3-11H,1-2H3,(H,19,20). The Kier molecular flexibility index (Phi) is 5.23. The van der Waals surface area contributed by atoms with Crippen LogP contribution in [0.2, 0.25) is 5.02 Å². The minimum absolute atomic E-state index is 0.207. The number of carbonyl (C=O) groups excluding carboxylic acids is 1. The second-order valence-corrected chi connectivity index (χ2v) is 7.52. The van der Waals surface area contributed by atoms with Crippen molar-refractivity contribution >= 4 is 38.6 Å². The molecule has 2 rings (SSSR count). The van der Waals surface area contributed by atoms with E-state index in [4.69, 9.17) is 11.6 Å². The fourth-order valence-electron chi connectivity index (χ4n) is 2.02. The Bertz CT molecular complexity index is 856. The molecule has 0 aliphatic carbocycles. The van der Waals surface area contributed by atoms with Gasteiger partial charge in [0.25, 0.3) is 0 Å². The Hall–Kier alpha value is -2.11. The maximum Gasteiger partial charge on any atom is 0.248 e. The van der Waals surface area contributed by atoms with Gasteiger partial charge in [0.15, 0.2) is 9.84 Å². The molecule has 0 unspecified atom stereocenters. The zero-order chi connectivity index (χ0) is 17.0. The first-order chi connectivity index (χ1) is 10.8. The first-order valence-corrected chi connectivity index (χ1v) is 9.08. The van der Waals surface area contributed by atoms with Crippen LogP contribution in [0.5, 0.6) is 0 Å². The molecule has 0 radical (unpaired) electrons. The van der Waals surface area contributed by atoms with Gasteiger partial charge in [-0.05, 0) is 48.4 Å². The maximum absolute atomic E-state index is 12.0. The molecule has 0 aliphatic rings. The molecular formula is C17H16ClNO3S. The number of benzene rings is 2. The molecule has 6 heteroatoms. The third kappa shape index (κ3) is 4.68. The quantitative estimate of drug-likeness (QED) is 0.854. The predicted octanol–water partition coefficient (Wildman–Crippen LogP) is 3.79. The van der Waals surface area contributed by atoms with Gasteiger partial charge in [-0.3, -0.25) is 4.79 Å². The van der Waals surface area contributed by atoms with Crippen LogP contribution in [0.3, 0.4) is 0 Å². The van der Waals surface area contributed by atoms with Crippen LogP contribution < -0.4 is 5.32 Å². The van der Waals surface area contributed by atoms with Gasteiger partial charge in [-0.15, -0.1) is 0 Å². The van der Waals surface area contributed by atoms with Gasteiger partial charge in [-0.25, -0.2) is 8.42 Å². The summed E-state index contributed by atoms with van der Waals surface area (Å²) in [5, 5.41) is 3.26. The van der Waals surface area contributed by atoms with Crippen molar-refractivity contribution in [1.82, 2.24) is 0 Å². The molecule has 0 bridgehead atoms. The lowest BCUT2D eigenvalue weighted by molar-refractivity contribution is -0.111. The van der Waals surface area contributed by atoms with Crippen LogP contribution in [0.15, 0.2) is 59.5 Å². The highest BCUT2D eigenvalue weighted by atomic mass is 35.5. The largest absolute Gasteiger partial charge is 0.323 e. The van der Waals surface area contributed by atoms with Crippen molar-refractivity contribution in [3.05, 3.63) is 65.2 Å². The Morgan fingerprint density at radius 3 is 2.26 bits per heavy atom. The SMILES string of the molecule is CC(=CC(=O)Nc1ccc(S(C)(=O)=O)cc1)c1ccccc1Cl. The molecule has 120 valence electrons. The van der Waals surface area contributed by atoms with Crippen molar-refractivity contribution < 1.29 is 13.2 Å². The van der Waals surface area contributed by atoms with Gasteiger partial charge in [0, 0.05) is 23.0 Å². The zero-order valence-electron chi connectivity index (χ0n) is 12.7. The molecule has 0 heterocycles. The number of rotatable bonds is 4. The van der Waals surface area contributed by atoms with Crippen LogP contribution in [0.25, 0.3) is 5.57 Å². The smallest absolute Gasteiger partial charge is 0.248 e. The van der Waals surface area contributed by atoms with Crippen LogP contribution in [-0.2, 0) is 14.6 Å². The second kappa shape index (κ2) is 6.98. The Balaban J connectivity index is 2.13. The molecule has 0 atom stereocenters. The van der Waals surface area contributed by atoms with Gasteiger partial charge >= 0.3 is 0 Å². The van der Waals surface area contributed by atoms with E-state index in [0.29, 0.717) is 10.7 Å². The highest BCUT2D eigenvalue weighted by molar-refractivity contribution is 7.90. The topological polar surface area (TPSA) is 63.2 Å². The summed E-state index contributed by atoms with van der Waals surface area (Å²) in [4.78, 5) is 12.2. The van der Waals surface area contributed by atoms with Gasteiger partial charge < -0.3 is 5.32 Å². The summed E-state index contributed by atoms with van der Waals surface area (Å²) < 4.78 is 22.8. The van der Waals surface area contributed by atoms with Crippen LogP contribution in [0.1, 0.15) is 12.5 Å². The summed E-state index contributed by atoms with van der Waals surface area (Å²) in [7, 11) is -3.25. The minimum Gasteiger partial charge on any atom is -0.323 e. The van der Waals surface area contributed by atoms with Gasteiger partial charge in [0.2, 0.25) is 5.91 Å². The van der Waals surface area contributed by atoms with Crippen LogP contribution in [0.4, 0.5) is 5.69 Å². The monoisotopic (exact) mass is 349 g/mol. The van der Waals surface area contributed by atoms with Gasteiger partial charge in [-0.2, -0.15) is 0 Å². The summed E-state index contributed by atoms with van der Waals surface area (Å²) in [6.45, 7) is 1.80. The molecule has 0 saturated heterocycles. The number of anilines is 1. The molecule has 1 N–H and O–H groups in total. The summed E-state index contributed by atoms with van der Waals surface area (Å²) in [6, 6.07) is 13.3. The van der Waals surface area contributed by atoms with E-state index in [1.165, 1.54) is 18.2 Å². The zero-order valence-corrected chi connectivity index (χ0v) is 14.3. The molecule has 0 saturated carbocycles. The maximum atomic E-state index is 12.0. The minimum atomic E-state index is -3.25. The third-order valence-electron chi connectivity index (χ3n) is 3.20. The average molecular weight is 350 g/mol. The molecule has 0 spiro atoms. The van der Waals surface area contributed by atoms with Gasteiger partial charge in [0.1, 0.15) is 0 Å². The number of halogens is 1. The lowest BCUT2D eigenvalue weighted by atomic mass is 10.1. The highest BCUT2D eigenvalue weighted by Crippen LogP contribution is 2.23. The van der Waals surface area contributed by atoms with Gasteiger partial charge in [-0.1, -0.05) is 29.8 Å². The molecule has 0 aromatic heterocycles. The lowest BCUT2D eigenvalue weighted by Gasteiger charge is -2.06. The first kappa shape index (κ1) is 17.2. The van der Waals surface area contributed by atoms with Gasteiger partial charge in [0.05, 0.1) is 4.90 Å². The third-order valence-corrected chi connectivity index (χ3v) is 4.65. The van der Waals surface area contributed by atoms with Crippen molar-refractivity contribution in [1.29, 1.82) is 0 Å². The van der Waals surface area contributed by atoms with E-state index < -0.39 is 9.84 Å². The second-order valence-electron chi connectivity index (χ2n) is 5.09. The van der Waals surface area contributed by atoms with E-state index in [0.717, 1.165) is 17.4 Å². The summed E-state index contributed by atoms with van der Waals surface area (Å²) in [5.41, 5.74) is 2.04. The molecule has 23 heavy (non-hydrogen) atoms. The number of carbonyl (C=O) groups is 1. The van der Waals surface area contributed by atoms with E-state index >= 15 is 0 Å². The first-order valence-electron chi connectivity index (χ1n) is 6.81. The fourth-order valence-corrected chi connectivity index (χ4v) is 2.93. The molecule has 0 fully saturated rings. The van der Waals surface area contributed by atoms with Crippen molar-refractivity contribution in [3.63, 3.8) is 0 Å². The Morgan fingerprint density at radius 1 is 1.09 bits per heavy atom. The van der Waals surface area contributed by atoms with Crippen LogP contribution in [0, 0.1) is 0 Å². The van der Waals surface area contributed by atoms with E-state index in [1.54, 1.807) is 25.1 Å². The molecule has 1 amide bonds. The Labute approximate surface area is 140 Å². The molecule has 2 aromatic carbocycles. The normalized spacial score (nSPS) is 12.0. The summed E-state index contributed by atoms with van der Waals surface area (Å²) in [6.07, 6.45) is 2.59. The Morgan fingerprint density at radius 2 is 1.70 bits per heavy atom. The summed E-state index contributed by atoms with van der Waals surface area (Å²) >= 11 is 6.09. The van der Waals surface area contributed by atoms with Crippen molar-refractivity contribution in [2.24, 2.45) is 0 Å². The van der Waals surface area contributed by atoms with E-state index in [9.17, 15) is 13.2 Å². The fraction of sp³-hybridized carbons (Fsp3) is 0.118. The molecule has 0 aliphatic heterocycles. The number of nitrogens with one attached hydrogen (secondary N) is 1. The van der Waals surface area contributed by atoms with Crippen molar-refractivity contribution in [2.45, 2.75) is 11.8 Å². The number of hydrogen-bond donors (Lipinski definition) is 1. The number of amides is 1. The lowest BCUT2D eigenvalue weighted by Crippen LogP contribution is -2.09. The van der Waals surface area contributed by atoms with E-state index in [1.807, 2.05) is 18.2 Å². The van der Waals surface area contributed by atoms with Crippen molar-refractivity contribution in [3.8, 4) is 0 Å². The number of allylic oxidation sites excluding steroid dienone is 1.